The third kappa shape index (κ3) is 5.19. The van der Waals surface area contributed by atoms with Crippen LogP contribution in [0, 0.1) is 0 Å². The van der Waals surface area contributed by atoms with Crippen molar-refractivity contribution in [2.24, 2.45) is 0 Å². The van der Waals surface area contributed by atoms with Crippen molar-refractivity contribution in [3.05, 3.63) is 107 Å². The lowest BCUT2D eigenvalue weighted by molar-refractivity contribution is -0.151. The first-order chi connectivity index (χ1) is 12.7. The Morgan fingerprint density at radius 1 is 0.846 bits per heavy atom. The zero-order chi connectivity index (χ0) is 18.2. The number of benzene rings is 3. The van der Waals surface area contributed by atoms with Gasteiger partial charge in [-0.15, -0.1) is 0 Å². The molecule has 26 heavy (non-hydrogen) atoms. The molecule has 3 aromatic rings. The highest BCUT2D eigenvalue weighted by Gasteiger charge is 2.16. The summed E-state index contributed by atoms with van der Waals surface area (Å²) in [7, 11) is 0. The molecular weight excluding hydrogens is 348 g/mol. The van der Waals surface area contributed by atoms with Crippen molar-refractivity contribution in [1.29, 1.82) is 0 Å². The third-order valence-corrected chi connectivity index (χ3v) is 4.10. The van der Waals surface area contributed by atoms with Gasteiger partial charge in [-0.3, -0.25) is 0 Å². The molecule has 0 aromatic heterocycles. The minimum absolute atomic E-state index is 0.130. The molecule has 0 saturated heterocycles. The summed E-state index contributed by atoms with van der Waals surface area (Å²) in [5.74, 6) is -0.415. The van der Waals surface area contributed by atoms with Gasteiger partial charge in [0, 0.05) is 5.02 Å². The molecule has 4 heteroatoms. The van der Waals surface area contributed by atoms with E-state index in [0.29, 0.717) is 5.02 Å². The predicted octanol–water partition coefficient (Wildman–Crippen LogP) is 5.19. The molecule has 0 N–H and O–H groups in total. The number of ether oxygens (including phenoxy) is 2. The lowest BCUT2D eigenvalue weighted by Gasteiger charge is -2.18. The van der Waals surface area contributed by atoms with Crippen LogP contribution in [0.4, 0.5) is 0 Å². The third-order valence-electron chi connectivity index (χ3n) is 3.86. The van der Waals surface area contributed by atoms with Gasteiger partial charge >= 0.3 is 5.97 Å². The van der Waals surface area contributed by atoms with Crippen LogP contribution in [-0.2, 0) is 20.9 Å². The van der Waals surface area contributed by atoms with Crippen LogP contribution in [0.2, 0.25) is 5.02 Å². The molecule has 0 atom stereocenters. The zero-order valence-electron chi connectivity index (χ0n) is 14.2. The van der Waals surface area contributed by atoms with Gasteiger partial charge in [-0.2, -0.15) is 0 Å². The van der Waals surface area contributed by atoms with Crippen LogP contribution in [0.3, 0.4) is 0 Å². The molecule has 0 bridgehead atoms. The zero-order valence-corrected chi connectivity index (χ0v) is 14.9. The summed E-state index contributed by atoms with van der Waals surface area (Å²) in [6, 6.07) is 26.9. The summed E-state index contributed by atoms with van der Waals surface area (Å²) < 4.78 is 11.2. The second kappa shape index (κ2) is 9.18. The number of carbonyl (C=O) groups is 1. The van der Waals surface area contributed by atoms with Crippen molar-refractivity contribution in [2.75, 3.05) is 6.61 Å². The van der Waals surface area contributed by atoms with Crippen molar-refractivity contribution in [3.63, 3.8) is 0 Å². The average Bonchev–Trinajstić information content (AvgIpc) is 2.68. The normalized spacial score (nSPS) is 10.7. The van der Waals surface area contributed by atoms with Crippen molar-refractivity contribution in [3.8, 4) is 0 Å². The molecule has 0 spiro atoms. The highest BCUT2D eigenvalue weighted by atomic mass is 35.5. The number of esters is 1. The molecule has 132 valence electrons. The van der Waals surface area contributed by atoms with Gasteiger partial charge in [-0.25, -0.2) is 4.79 Å². The standard InChI is InChI=1S/C22H19ClO3/c23-20-13-7-8-17(14-20)15-25-21(24)16-26-22(18-9-3-1-4-10-18)19-11-5-2-6-12-19/h1-14,22H,15-16H2. The van der Waals surface area contributed by atoms with Crippen molar-refractivity contribution in [1.82, 2.24) is 0 Å². The summed E-state index contributed by atoms with van der Waals surface area (Å²) in [5.41, 5.74) is 2.82. The van der Waals surface area contributed by atoms with Crippen molar-refractivity contribution in [2.45, 2.75) is 12.7 Å². The summed E-state index contributed by atoms with van der Waals surface area (Å²) in [6.07, 6.45) is -0.323. The molecule has 0 radical (unpaired) electrons. The molecule has 3 aromatic carbocycles. The van der Waals surface area contributed by atoms with Gasteiger partial charge in [0.1, 0.15) is 19.3 Å². The first kappa shape index (κ1) is 18.2. The maximum atomic E-state index is 12.1. The Morgan fingerprint density at radius 2 is 1.46 bits per heavy atom. The maximum absolute atomic E-state index is 12.1. The predicted molar refractivity (Wildman–Crippen MR) is 102 cm³/mol. The molecule has 3 rings (SSSR count). The van der Waals surface area contributed by atoms with Crippen LogP contribution >= 0.6 is 11.6 Å². The number of halogens is 1. The molecule has 0 fully saturated rings. The Labute approximate surface area is 158 Å². The first-order valence-electron chi connectivity index (χ1n) is 8.34. The fraction of sp³-hybridized carbons (Fsp3) is 0.136. The van der Waals surface area contributed by atoms with Crippen LogP contribution in [0.15, 0.2) is 84.9 Å². The number of hydrogen-bond donors (Lipinski definition) is 0. The molecule has 0 heterocycles. The quantitative estimate of drug-likeness (QED) is 0.540. The number of hydrogen-bond acceptors (Lipinski definition) is 3. The molecule has 0 amide bonds. The van der Waals surface area contributed by atoms with Gasteiger partial charge < -0.3 is 9.47 Å². The summed E-state index contributed by atoms with van der Waals surface area (Å²) in [6.45, 7) is 0.0408. The largest absolute Gasteiger partial charge is 0.459 e. The highest BCUT2D eigenvalue weighted by molar-refractivity contribution is 6.30. The minimum Gasteiger partial charge on any atom is -0.459 e. The fourth-order valence-corrected chi connectivity index (χ4v) is 2.84. The van der Waals surface area contributed by atoms with Crippen LogP contribution < -0.4 is 0 Å². The van der Waals surface area contributed by atoms with Crippen molar-refractivity contribution < 1.29 is 14.3 Å². The van der Waals surface area contributed by atoms with Gasteiger partial charge in [0.05, 0.1) is 0 Å². The van der Waals surface area contributed by atoms with E-state index in [9.17, 15) is 4.79 Å². The number of carbonyl (C=O) groups excluding carboxylic acids is 1. The number of rotatable bonds is 7. The van der Waals surface area contributed by atoms with E-state index in [4.69, 9.17) is 21.1 Å². The van der Waals surface area contributed by atoms with E-state index in [1.165, 1.54) is 0 Å². The van der Waals surface area contributed by atoms with Crippen LogP contribution in [-0.4, -0.2) is 12.6 Å². The van der Waals surface area contributed by atoms with Gasteiger partial charge in [-0.1, -0.05) is 84.4 Å². The van der Waals surface area contributed by atoms with E-state index in [1.54, 1.807) is 12.1 Å². The Kier molecular flexibility index (Phi) is 6.42. The van der Waals surface area contributed by atoms with Gasteiger partial charge in [0.2, 0.25) is 0 Å². The van der Waals surface area contributed by atoms with Crippen LogP contribution in [0.5, 0.6) is 0 Å². The molecule has 0 saturated carbocycles. The van der Waals surface area contributed by atoms with E-state index in [0.717, 1.165) is 16.7 Å². The van der Waals surface area contributed by atoms with Gasteiger partial charge in [-0.05, 0) is 28.8 Å². The molecule has 0 aliphatic rings. The van der Waals surface area contributed by atoms with E-state index in [2.05, 4.69) is 0 Å². The van der Waals surface area contributed by atoms with E-state index in [1.807, 2.05) is 72.8 Å². The molecule has 0 unspecified atom stereocenters. The topological polar surface area (TPSA) is 35.5 Å². The summed E-state index contributed by atoms with van der Waals surface area (Å²) in [4.78, 5) is 12.1. The first-order valence-corrected chi connectivity index (χ1v) is 8.72. The lowest BCUT2D eigenvalue weighted by atomic mass is 10.0. The minimum atomic E-state index is -0.415. The monoisotopic (exact) mass is 366 g/mol. The maximum Gasteiger partial charge on any atom is 0.332 e. The van der Waals surface area contributed by atoms with E-state index >= 15 is 0 Å². The summed E-state index contributed by atoms with van der Waals surface area (Å²) in [5, 5.41) is 0.614. The van der Waals surface area contributed by atoms with Crippen LogP contribution in [0.25, 0.3) is 0 Å². The van der Waals surface area contributed by atoms with Gasteiger partial charge in [0.25, 0.3) is 0 Å². The average molecular weight is 367 g/mol. The Bertz CT molecular complexity index is 795. The van der Waals surface area contributed by atoms with E-state index in [-0.39, 0.29) is 19.3 Å². The lowest BCUT2D eigenvalue weighted by Crippen LogP contribution is -2.16. The van der Waals surface area contributed by atoms with Crippen LogP contribution in [0.1, 0.15) is 22.8 Å². The SMILES string of the molecule is O=C(COC(c1ccccc1)c1ccccc1)OCc1cccc(Cl)c1. The molecule has 3 nitrogen and oxygen atoms in total. The smallest absolute Gasteiger partial charge is 0.332 e. The molecular formula is C22H19ClO3. The second-order valence-corrected chi connectivity index (χ2v) is 6.24. The Balaban J connectivity index is 1.61. The fourth-order valence-electron chi connectivity index (χ4n) is 2.62. The van der Waals surface area contributed by atoms with Crippen molar-refractivity contribution >= 4 is 17.6 Å². The highest BCUT2D eigenvalue weighted by Crippen LogP contribution is 2.25. The Morgan fingerprint density at radius 3 is 2.04 bits per heavy atom. The van der Waals surface area contributed by atoms with Gasteiger partial charge in [0.15, 0.2) is 0 Å². The molecule has 0 aliphatic carbocycles. The summed E-state index contributed by atoms with van der Waals surface area (Å²) >= 11 is 5.93. The Hall–Kier alpha value is -2.62. The second-order valence-electron chi connectivity index (χ2n) is 5.80. The van der Waals surface area contributed by atoms with E-state index < -0.39 is 5.97 Å². The molecule has 0 aliphatic heterocycles.